The van der Waals surface area contributed by atoms with Gasteiger partial charge in [0.15, 0.2) is 0 Å². The Morgan fingerprint density at radius 1 is 1.57 bits per heavy atom. The predicted octanol–water partition coefficient (Wildman–Crippen LogP) is 1.45. The van der Waals surface area contributed by atoms with Crippen LogP contribution < -0.4 is 5.32 Å². The van der Waals surface area contributed by atoms with Gasteiger partial charge in [0.2, 0.25) is 0 Å². The van der Waals surface area contributed by atoms with Crippen molar-refractivity contribution in [3.63, 3.8) is 0 Å². The van der Waals surface area contributed by atoms with Gasteiger partial charge in [-0.25, -0.2) is 4.79 Å². The average Bonchev–Trinajstić information content (AvgIpc) is 1.99. The minimum Gasteiger partial charge on any atom is -0.444 e. The van der Waals surface area contributed by atoms with Crippen molar-refractivity contribution in [2.24, 2.45) is 0 Å². The maximum Gasteiger partial charge on any atom is 0.407 e. The molecule has 0 aromatic heterocycles. The number of amides is 1. The van der Waals surface area contributed by atoms with Crippen molar-refractivity contribution in [1.82, 2.24) is 5.32 Å². The van der Waals surface area contributed by atoms with Gasteiger partial charge < -0.3 is 15.2 Å². The van der Waals surface area contributed by atoms with Crippen molar-refractivity contribution >= 4 is 6.09 Å². The molecule has 0 spiro atoms. The van der Waals surface area contributed by atoms with Gasteiger partial charge in [-0.15, -0.1) is 6.58 Å². The molecule has 1 amide bonds. The van der Waals surface area contributed by atoms with Gasteiger partial charge in [-0.3, -0.25) is 0 Å². The molecular formula is C10H19NO3. The molecule has 0 aliphatic heterocycles. The van der Waals surface area contributed by atoms with Gasteiger partial charge in [0.05, 0.1) is 12.1 Å². The first-order valence-electron chi connectivity index (χ1n) is 4.56. The van der Waals surface area contributed by atoms with Crippen molar-refractivity contribution in [3.05, 3.63) is 12.7 Å². The van der Waals surface area contributed by atoms with Gasteiger partial charge in [0.1, 0.15) is 5.60 Å². The molecule has 2 N–H and O–H groups in total. The zero-order chi connectivity index (χ0) is 11.4. The van der Waals surface area contributed by atoms with Crippen molar-refractivity contribution in [3.8, 4) is 0 Å². The van der Waals surface area contributed by atoms with Crippen LogP contribution in [0.3, 0.4) is 0 Å². The number of rotatable bonds is 3. The minimum absolute atomic E-state index is 0.401. The Morgan fingerprint density at radius 3 is 2.43 bits per heavy atom. The number of aliphatic hydroxyl groups is 1. The van der Waals surface area contributed by atoms with E-state index in [9.17, 15) is 9.90 Å². The second-order valence-electron chi connectivity index (χ2n) is 4.16. The van der Waals surface area contributed by atoms with Crippen LogP contribution in [-0.2, 0) is 4.74 Å². The zero-order valence-electron chi connectivity index (χ0n) is 9.20. The molecular weight excluding hydrogens is 182 g/mol. The van der Waals surface area contributed by atoms with Gasteiger partial charge >= 0.3 is 6.09 Å². The molecule has 0 unspecified atom stereocenters. The highest BCUT2D eigenvalue weighted by Crippen LogP contribution is 2.07. The van der Waals surface area contributed by atoms with Gasteiger partial charge in [0.25, 0.3) is 0 Å². The van der Waals surface area contributed by atoms with E-state index in [2.05, 4.69) is 11.9 Å². The number of hydrogen-bond acceptors (Lipinski definition) is 3. The summed E-state index contributed by atoms with van der Waals surface area (Å²) in [5.41, 5.74) is -0.525. The molecule has 0 saturated carbocycles. The third-order valence-corrected chi connectivity index (χ3v) is 1.50. The molecule has 0 aliphatic rings. The lowest BCUT2D eigenvalue weighted by molar-refractivity contribution is 0.0465. The number of carbonyl (C=O) groups excluding carboxylic acids is 1. The lowest BCUT2D eigenvalue weighted by atomic mass is 10.2. The molecule has 0 fully saturated rings. The fourth-order valence-corrected chi connectivity index (χ4v) is 0.783. The van der Waals surface area contributed by atoms with Crippen LogP contribution in [-0.4, -0.2) is 28.9 Å². The van der Waals surface area contributed by atoms with Crippen LogP contribution in [0.5, 0.6) is 0 Å². The highest BCUT2D eigenvalue weighted by Gasteiger charge is 2.19. The van der Waals surface area contributed by atoms with E-state index in [4.69, 9.17) is 4.74 Å². The summed E-state index contributed by atoms with van der Waals surface area (Å²) >= 11 is 0. The van der Waals surface area contributed by atoms with Crippen molar-refractivity contribution in [2.75, 3.05) is 0 Å². The average molecular weight is 201 g/mol. The summed E-state index contributed by atoms with van der Waals surface area (Å²) in [6.07, 6.45) is 0.0654. The Bertz CT molecular complexity index is 208. The lowest BCUT2D eigenvalue weighted by Gasteiger charge is -2.23. The number of nitrogens with one attached hydrogen (secondary N) is 1. The largest absolute Gasteiger partial charge is 0.444 e. The fraction of sp³-hybridized carbons (Fsp3) is 0.700. The van der Waals surface area contributed by atoms with E-state index in [1.807, 2.05) is 0 Å². The molecule has 0 bridgehead atoms. The molecule has 4 nitrogen and oxygen atoms in total. The monoisotopic (exact) mass is 201 g/mol. The number of hydrogen-bond donors (Lipinski definition) is 2. The van der Waals surface area contributed by atoms with E-state index in [0.717, 1.165) is 0 Å². The predicted molar refractivity (Wildman–Crippen MR) is 55.0 cm³/mol. The maximum atomic E-state index is 11.2. The van der Waals surface area contributed by atoms with Crippen LogP contribution in [0, 0.1) is 0 Å². The first kappa shape index (κ1) is 13.0. The maximum absolute atomic E-state index is 11.2. The molecule has 0 rings (SSSR count). The number of alkyl carbamates (subject to hydrolysis) is 1. The summed E-state index contributed by atoms with van der Waals surface area (Å²) in [6.45, 7) is 10.4. The number of aliphatic hydroxyl groups excluding tert-OH is 1. The van der Waals surface area contributed by atoms with E-state index < -0.39 is 23.8 Å². The van der Waals surface area contributed by atoms with Crippen LogP contribution in [0.15, 0.2) is 12.7 Å². The highest BCUT2D eigenvalue weighted by molar-refractivity contribution is 5.68. The number of carbonyl (C=O) groups is 1. The smallest absolute Gasteiger partial charge is 0.407 e. The summed E-state index contributed by atoms with van der Waals surface area (Å²) in [4.78, 5) is 11.2. The molecule has 82 valence electrons. The summed E-state index contributed by atoms with van der Waals surface area (Å²) in [5, 5.41) is 11.8. The topological polar surface area (TPSA) is 58.6 Å². The van der Waals surface area contributed by atoms with Crippen LogP contribution in [0.4, 0.5) is 4.79 Å². The van der Waals surface area contributed by atoms with Crippen molar-refractivity contribution in [1.29, 1.82) is 0 Å². The molecule has 14 heavy (non-hydrogen) atoms. The van der Waals surface area contributed by atoms with E-state index in [-0.39, 0.29) is 0 Å². The zero-order valence-corrected chi connectivity index (χ0v) is 9.20. The van der Waals surface area contributed by atoms with E-state index >= 15 is 0 Å². The van der Waals surface area contributed by atoms with E-state index in [1.54, 1.807) is 27.7 Å². The quantitative estimate of drug-likeness (QED) is 0.679. The summed E-state index contributed by atoms with van der Waals surface area (Å²) < 4.78 is 5.01. The van der Waals surface area contributed by atoms with E-state index in [0.29, 0.717) is 0 Å². The second kappa shape index (κ2) is 5.00. The van der Waals surface area contributed by atoms with Crippen LogP contribution in [0.2, 0.25) is 0 Å². The van der Waals surface area contributed by atoms with Gasteiger partial charge in [-0.1, -0.05) is 6.08 Å². The molecule has 0 aliphatic carbocycles. The molecule has 0 saturated heterocycles. The first-order valence-corrected chi connectivity index (χ1v) is 4.56. The summed E-state index contributed by atoms with van der Waals surface area (Å²) in [5.74, 6) is 0. The highest BCUT2D eigenvalue weighted by atomic mass is 16.6. The van der Waals surface area contributed by atoms with Crippen LogP contribution in [0.1, 0.15) is 27.7 Å². The molecule has 2 atom stereocenters. The van der Waals surface area contributed by atoms with Crippen LogP contribution >= 0.6 is 0 Å². The third-order valence-electron chi connectivity index (χ3n) is 1.50. The van der Waals surface area contributed by atoms with Crippen molar-refractivity contribution in [2.45, 2.75) is 45.4 Å². The lowest BCUT2D eigenvalue weighted by Crippen LogP contribution is -2.42. The Balaban J connectivity index is 4.01. The third kappa shape index (κ3) is 5.59. The first-order chi connectivity index (χ1) is 6.26. The van der Waals surface area contributed by atoms with E-state index in [1.165, 1.54) is 6.08 Å². The van der Waals surface area contributed by atoms with Gasteiger partial charge in [0, 0.05) is 0 Å². The van der Waals surface area contributed by atoms with Gasteiger partial charge in [-0.2, -0.15) is 0 Å². The Morgan fingerprint density at radius 2 is 2.07 bits per heavy atom. The molecule has 0 radical (unpaired) electrons. The normalized spacial score (nSPS) is 15.5. The molecule has 4 heteroatoms. The molecule has 0 heterocycles. The summed E-state index contributed by atoms with van der Waals surface area (Å²) in [7, 11) is 0. The fourth-order valence-electron chi connectivity index (χ4n) is 0.783. The number of ether oxygens (including phenoxy) is 1. The minimum atomic E-state index is -0.762. The SMILES string of the molecule is C=C[C@H](O)[C@@H](C)NC(=O)OC(C)(C)C. The van der Waals surface area contributed by atoms with Crippen molar-refractivity contribution < 1.29 is 14.6 Å². The molecule has 0 aromatic rings. The summed E-state index contributed by atoms with van der Waals surface area (Å²) in [6, 6.07) is -0.401. The second-order valence-corrected chi connectivity index (χ2v) is 4.16. The Kier molecular flexibility index (Phi) is 4.63. The standard InChI is InChI=1S/C10H19NO3/c1-6-8(12)7(2)11-9(13)14-10(3,4)5/h6-8,12H,1H2,2-5H3,(H,11,13)/t7-,8+/m1/s1. The molecule has 0 aromatic carbocycles. The van der Waals surface area contributed by atoms with Crippen LogP contribution in [0.25, 0.3) is 0 Å². The van der Waals surface area contributed by atoms with Gasteiger partial charge in [-0.05, 0) is 27.7 Å². The Labute approximate surface area is 85.0 Å². The Hall–Kier alpha value is -1.03.